The fraction of sp³-hybridized carbons (Fsp3) is 0.400. The summed E-state index contributed by atoms with van der Waals surface area (Å²) in [6, 6.07) is 16.3. The van der Waals surface area contributed by atoms with Gasteiger partial charge < -0.3 is 19.4 Å². The lowest BCUT2D eigenvalue weighted by Crippen LogP contribution is -2.53. The van der Waals surface area contributed by atoms with Crippen molar-refractivity contribution in [2.75, 3.05) is 19.7 Å². The third-order valence-corrected chi connectivity index (χ3v) is 5.83. The van der Waals surface area contributed by atoms with Gasteiger partial charge in [0.15, 0.2) is 18.1 Å². The first kappa shape index (κ1) is 21.9. The molecule has 1 aromatic heterocycles. The lowest BCUT2D eigenvalue weighted by atomic mass is 9.95. The number of carbonyl (C=O) groups is 2. The van der Waals surface area contributed by atoms with Crippen LogP contribution < -0.4 is 10.1 Å². The molecule has 3 aromatic rings. The standard InChI is InChI=1S/C25H29N3O4/c1-17(2)23(27-22(29)16-31-19-8-4-3-5-9-19)25(30)28-14-12-18(13-15-28)24-26-20-10-6-7-11-21(20)32-24/h3-11,17-18,23H,12-16H2,1-2H3,(H,27,29)/t23-/m0/s1. The van der Waals surface area contributed by atoms with Crippen molar-refractivity contribution in [2.45, 2.75) is 38.6 Å². The van der Waals surface area contributed by atoms with E-state index in [1.54, 1.807) is 12.1 Å². The molecular formula is C25H29N3O4. The number of hydrogen-bond acceptors (Lipinski definition) is 5. The lowest BCUT2D eigenvalue weighted by Gasteiger charge is -2.34. The minimum atomic E-state index is -0.581. The van der Waals surface area contributed by atoms with Crippen LogP contribution in [-0.2, 0) is 9.59 Å². The molecule has 1 saturated heterocycles. The molecular weight excluding hydrogens is 406 g/mol. The number of rotatable bonds is 7. The lowest BCUT2D eigenvalue weighted by molar-refractivity contribution is -0.139. The largest absolute Gasteiger partial charge is 0.484 e. The van der Waals surface area contributed by atoms with Crippen LogP contribution in [0.25, 0.3) is 11.1 Å². The number of amides is 2. The molecule has 7 nitrogen and oxygen atoms in total. The predicted molar refractivity (Wildman–Crippen MR) is 121 cm³/mol. The molecule has 0 spiro atoms. The quantitative estimate of drug-likeness (QED) is 0.611. The number of likely N-dealkylation sites (tertiary alicyclic amines) is 1. The van der Waals surface area contributed by atoms with Gasteiger partial charge in [0.05, 0.1) is 0 Å². The maximum atomic E-state index is 13.2. The summed E-state index contributed by atoms with van der Waals surface area (Å²) in [7, 11) is 0. The number of aromatic nitrogens is 1. The summed E-state index contributed by atoms with van der Waals surface area (Å²) in [6.45, 7) is 4.97. The zero-order valence-electron chi connectivity index (χ0n) is 18.5. The molecule has 168 valence electrons. The van der Waals surface area contributed by atoms with Crippen molar-refractivity contribution in [2.24, 2.45) is 5.92 Å². The maximum absolute atomic E-state index is 13.2. The highest BCUT2D eigenvalue weighted by Crippen LogP contribution is 2.30. The van der Waals surface area contributed by atoms with Crippen LogP contribution in [0.5, 0.6) is 5.75 Å². The van der Waals surface area contributed by atoms with Gasteiger partial charge in [0, 0.05) is 19.0 Å². The van der Waals surface area contributed by atoms with E-state index in [0.717, 1.165) is 29.8 Å². The number of fused-ring (bicyclic) bond motifs is 1. The van der Waals surface area contributed by atoms with Crippen molar-refractivity contribution in [3.8, 4) is 5.75 Å². The second kappa shape index (κ2) is 9.85. The second-order valence-corrected chi connectivity index (χ2v) is 8.51. The summed E-state index contributed by atoms with van der Waals surface area (Å²) >= 11 is 0. The van der Waals surface area contributed by atoms with Gasteiger partial charge in [-0.15, -0.1) is 0 Å². The Hall–Kier alpha value is -3.35. The molecule has 2 heterocycles. The molecule has 7 heteroatoms. The Balaban J connectivity index is 1.32. The number of hydrogen-bond donors (Lipinski definition) is 1. The molecule has 0 saturated carbocycles. The normalized spacial score (nSPS) is 15.7. The van der Waals surface area contributed by atoms with Gasteiger partial charge >= 0.3 is 0 Å². The number of nitrogens with zero attached hydrogens (tertiary/aromatic N) is 2. The van der Waals surface area contributed by atoms with Crippen LogP contribution in [0.3, 0.4) is 0 Å². The Morgan fingerprint density at radius 3 is 2.47 bits per heavy atom. The van der Waals surface area contributed by atoms with E-state index in [-0.39, 0.29) is 30.3 Å². The molecule has 0 bridgehead atoms. The summed E-state index contributed by atoms with van der Waals surface area (Å²) in [5, 5.41) is 2.86. The number of oxazole rings is 1. The number of carbonyl (C=O) groups excluding carboxylic acids is 2. The second-order valence-electron chi connectivity index (χ2n) is 8.51. The Bertz CT molecular complexity index is 1020. The first-order valence-corrected chi connectivity index (χ1v) is 11.1. The average molecular weight is 436 g/mol. The first-order valence-electron chi connectivity index (χ1n) is 11.1. The molecule has 1 fully saturated rings. The van der Waals surface area contributed by atoms with Crippen molar-refractivity contribution in [1.29, 1.82) is 0 Å². The molecule has 0 unspecified atom stereocenters. The summed E-state index contributed by atoms with van der Waals surface area (Å²) in [5.41, 5.74) is 1.66. The van der Waals surface area contributed by atoms with Gasteiger partial charge in [-0.05, 0) is 43.0 Å². The van der Waals surface area contributed by atoms with E-state index in [1.807, 2.05) is 61.2 Å². The molecule has 0 radical (unpaired) electrons. The predicted octanol–water partition coefficient (Wildman–Crippen LogP) is 3.75. The van der Waals surface area contributed by atoms with Crippen molar-refractivity contribution < 1.29 is 18.7 Å². The summed E-state index contributed by atoms with van der Waals surface area (Å²) in [4.78, 5) is 32.0. The van der Waals surface area contributed by atoms with E-state index in [0.29, 0.717) is 18.8 Å². The van der Waals surface area contributed by atoms with Gasteiger partial charge in [-0.2, -0.15) is 0 Å². The fourth-order valence-corrected chi connectivity index (χ4v) is 4.00. The number of ether oxygens (including phenoxy) is 1. The van der Waals surface area contributed by atoms with Gasteiger partial charge in [-0.1, -0.05) is 44.2 Å². The molecule has 32 heavy (non-hydrogen) atoms. The third kappa shape index (κ3) is 5.10. The van der Waals surface area contributed by atoms with Crippen LogP contribution in [-0.4, -0.2) is 47.4 Å². The average Bonchev–Trinajstić information content (AvgIpc) is 3.26. The highest BCUT2D eigenvalue weighted by Gasteiger charge is 2.32. The molecule has 4 rings (SSSR count). The Labute approximate surface area is 187 Å². The van der Waals surface area contributed by atoms with Gasteiger partial charge in [0.25, 0.3) is 5.91 Å². The summed E-state index contributed by atoms with van der Waals surface area (Å²) in [6.07, 6.45) is 1.57. The van der Waals surface area contributed by atoms with E-state index in [4.69, 9.17) is 9.15 Å². The van der Waals surface area contributed by atoms with Crippen LogP contribution in [0.2, 0.25) is 0 Å². The molecule has 2 amide bonds. The van der Waals surface area contributed by atoms with Crippen LogP contribution in [0, 0.1) is 5.92 Å². The molecule has 1 aliphatic rings. The fourth-order valence-electron chi connectivity index (χ4n) is 4.00. The zero-order chi connectivity index (χ0) is 22.5. The van der Waals surface area contributed by atoms with E-state index in [9.17, 15) is 9.59 Å². The summed E-state index contributed by atoms with van der Waals surface area (Å²) < 4.78 is 11.4. The van der Waals surface area contributed by atoms with Gasteiger partial charge in [0.1, 0.15) is 17.3 Å². The molecule has 2 aromatic carbocycles. The van der Waals surface area contributed by atoms with Crippen LogP contribution in [0.1, 0.15) is 38.5 Å². The van der Waals surface area contributed by atoms with Crippen molar-refractivity contribution >= 4 is 22.9 Å². The van der Waals surface area contributed by atoms with Crippen LogP contribution in [0.15, 0.2) is 59.0 Å². The Morgan fingerprint density at radius 2 is 1.78 bits per heavy atom. The van der Waals surface area contributed by atoms with Gasteiger partial charge in [-0.3, -0.25) is 9.59 Å². The monoisotopic (exact) mass is 435 g/mol. The number of piperidine rings is 1. The molecule has 0 aliphatic carbocycles. The highest BCUT2D eigenvalue weighted by atomic mass is 16.5. The van der Waals surface area contributed by atoms with Crippen molar-refractivity contribution in [1.82, 2.24) is 15.2 Å². The van der Waals surface area contributed by atoms with E-state index in [1.165, 1.54) is 0 Å². The van der Waals surface area contributed by atoms with E-state index >= 15 is 0 Å². The minimum absolute atomic E-state index is 0.0297. The number of benzene rings is 2. The SMILES string of the molecule is CC(C)[C@H](NC(=O)COc1ccccc1)C(=O)N1CCC(c2nc3ccccc3o2)CC1. The number of para-hydroxylation sites is 3. The van der Waals surface area contributed by atoms with Crippen LogP contribution in [0.4, 0.5) is 0 Å². The maximum Gasteiger partial charge on any atom is 0.258 e. The van der Waals surface area contributed by atoms with E-state index in [2.05, 4.69) is 10.3 Å². The third-order valence-electron chi connectivity index (χ3n) is 5.83. The molecule has 1 N–H and O–H groups in total. The minimum Gasteiger partial charge on any atom is -0.484 e. The summed E-state index contributed by atoms with van der Waals surface area (Å²) in [5.74, 6) is 1.17. The molecule has 1 atom stereocenters. The zero-order valence-corrected chi connectivity index (χ0v) is 18.5. The highest BCUT2D eigenvalue weighted by molar-refractivity contribution is 5.88. The Kier molecular flexibility index (Phi) is 6.73. The smallest absolute Gasteiger partial charge is 0.258 e. The van der Waals surface area contributed by atoms with Crippen molar-refractivity contribution in [3.63, 3.8) is 0 Å². The molecule has 1 aliphatic heterocycles. The van der Waals surface area contributed by atoms with E-state index < -0.39 is 6.04 Å². The van der Waals surface area contributed by atoms with Gasteiger partial charge in [0.2, 0.25) is 5.91 Å². The topological polar surface area (TPSA) is 84.7 Å². The first-order chi connectivity index (χ1) is 15.5. The van der Waals surface area contributed by atoms with Gasteiger partial charge in [-0.25, -0.2) is 4.98 Å². The van der Waals surface area contributed by atoms with Crippen molar-refractivity contribution in [3.05, 3.63) is 60.5 Å². The van der Waals surface area contributed by atoms with Crippen LogP contribution >= 0.6 is 0 Å². The number of nitrogens with one attached hydrogen (secondary N) is 1. The Morgan fingerprint density at radius 1 is 1.09 bits per heavy atom.